The fourth-order valence-electron chi connectivity index (χ4n) is 2.80. The molecule has 1 rings (SSSR count). The molecule has 1 aromatic carbocycles. The van der Waals surface area contributed by atoms with Crippen molar-refractivity contribution in [3.63, 3.8) is 0 Å². The Hall–Kier alpha value is -1.31. The number of aryl methyl sites for hydroxylation is 1. The number of rotatable bonds is 12. The zero-order valence-corrected chi connectivity index (χ0v) is 15.4. The van der Waals surface area contributed by atoms with Crippen molar-refractivity contribution in [1.82, 2.24) is 4.90 Å². The average Bonchev–Trinajstić information content (AvgIpc) is 2.57. The summed E-state index contributed by atoms with van der Waals surface area (Å²) < 4.78 is 0. The highest BCUT2D eigenvalue weighted by Gasteiger charge is 2.14. The molecular weight excluding hydrogens is 282 g/mol. The lowest BCUT2D eigenvalue weighted by molar-refractivity contribution is 0.0750. The first-order valence-corrected chi connectivity index (χ1v) is 9.55. The summed E-state index contributed by atoms with van der Waals surface area (Å²) in [5.41, 5.74) is 2.03. The van der Waals surface area contributed by atoms with E-state index in [1.165, 1.54) is 44.1 Å². The average molecular weight is 318 g/mol. The Morgan fingerprint density at radius 1 is 0.783 bits per heavy atom. The van der Waals surface area contributed by atoms with E-state index in [-0.39, 0.29) is 5.91 Å². The van der Waals surface area contributed by atoms with E-state index in [2.05, 4.69) is 25.7 Å². The standard InChI is InChI=1S/C21H35NO/c1-4-6-8-9-10-11-12-18-22(17-7-5-2)21(23)20-15-13-19(3)14-16-20/h13-16H,4-12,17-18H2,1-3H3. The van der Waals surface area contributed by atoms with Gasteiger partial charge in [0.05, 0.1) is 0 Å². The van der Waals surface area contributed by atoms with Crippen LogP contribution >= 0.6 is 0 Å². The number of amides is 1. The molecular formula is C21H35NO. The van der Waals surface area contributed by atoms with Crippen LogP contribution in [0.25, 0.3) is 0 Å². The molecule has 0 bridgehead atoms. The summed E-state index contributed by atoms with van der Waals surface area (Å²) in [7, 11) is 0. The third kappa shape index (κ3) is 8.20. The minimum atomic E-state index is 0.199. The molecule has 0 heterocycles. The molecule has 0 aliphatic carbocycles. The Labute approximate surface area is 143 Å². The summed E-state index contributed by atoms with van der Waals surface area (Å²) in [6.07, 6.45) is 11.3. The molecule has 0 fully saturated rings. The van der Waals surface area contributed by atoms with Crippen molar-refractivity contribution >= 4 is 5.91 Å². The number of carbonyl (C=O) groups excluding carboxylic acids is 1. The van der Waals surface area contributed by atoms with Crippen LogP contribution in [0.3, 0.4) is 0 Å². The molecule has 0 saturated carbocycles. The predicted molar refractivity (Wildman–Crippen MR) is 100.0 cm³/mol. The summed E-state index contributed by atoms with van der Waals surface area (Å²) in [5.74, 6) is 0.199. The van der Waals surface area contributed by atoms with Gasteiger partial charge < -0.3 is 4.90 Å². The first-order chi connectivity index (χ1) is 11.2. The molecule has 130 valence electrons. The van der Waals surface area contributed by atoms with Gasteiger partial charge in [-0.15, -0.1) is 0 Å². The molecule has 2 heteroatoms. The Morgan fingerprint density at radius 3 is 1.91 bits per heavy atom. The van der Waals surface area contributed by atoms with Crippen LogP contribution in [-0.4, -0.2) is 23.9 Å². The molecule has 2 nitrogen and oxygen atoms in total. The van der Waals surface area contributed by atoms with Gasteiger partial charge in [0.25, 0.3) is 5.91 Å². The summed E-state index contributed by atoms with van der Waals surface area (Å²) in [5, 5.41) is 0. The van der Waals surface area contributed by atoms with Crippen LogP contribution < -0.4 is 0 Å². The molecule has 0 saturated heterocycles. The maximum Gasteiger partial charge on any atom is 0.253 e. The van der Waals surface area contributed by atoms with Gasteiger partial charge in [0.2, 0.25) is 0 Å². The van der Waals surface area contributed by atoms with Crippen LogP contribution in [0.4, 0.5) is 0 Å². The van der Waals surface area contributed by atoms with E-state index < -0.39 is 0 Å². The Bertz CT molecular complexity index is 424. The summed E-state index contributed by atoms with van der Waals surface area (Å²) in [6.45, 7) is 8.28. The molecule has 0 N–H and O–H groups in total. The molecule has 0 aromatic heterocycles. The maximum absolute atomic E-state index is 12.7. The van der Waals surface area contributed by atoms with Crippen molar-refractivity contribution in [1.29, 1.82) is 0 Å². The molecule has 0 aliphatic heterocycles. The molecule has 1 amide bonds. The van der Waals surface area contributed by atoms with Gasteiger partial charge in [-0.25, -0.2) is 0 Å². The van der Waals surface area contributed by atoms with E-state index in [0.29, 0.717) is 0 Å². The van der Waals surface area contributed by atoms with Gasteiger partial charge in [-0.3, -0.25) is 4.79 Å². The predicted octanol–water partition coefficient (Wildman–Crippen LogP) is 5.99. The first kappa shape index (κ1) is 19.7. The molecule has 23 heavy (non-hydrogen) atoms. The molecule has 0 unspecified atom stereocenters. The van der Waals surface area contributed by atoms with Crippen LogP contribution in [0, 0.1) is 6.92 Å². The smallest absolute Gasteiger partial charge is 0.253 e. The maximum atomic E-state index is 12.7. The molecule has 0 radical (unpaired) electrons. The van der Waals surface area contributed by atoms with E-state index in [9.17, 15) is 4.79 Å². The van der Waals surface area contributed by atoms with E-state index in [1.807, 2.05) is 24.3 Å². The summed E-state index contributed by atoms with van der Waals surface area (Å²) in [6, 6.07) is 7.97. The van der Waals surface area contributed by atoms with Crippen molar-refractivity contribution in [2.75, 3.05) is 13.1 Å². The Kier molecular flexibility index (Phi) is 10.4. The van der Waals surface area contributed by atoms with Crippen LogP contribution in [0.1, 0.15) is 87.6 Å². The van der Waals surface area contributed by atoms with Gasteiger partial charge in [0.15, 0.2) is 0 Å². The number of hydrogen-bond acceptors (Lipinski definition) is 1. The number of hydrogen-bond donors (Lipinski definition) is 0. The van der Waals surface area contributed by atoms with E-state index in [1.54, 1.807) is 0 Å². The Morgan fingerprint density at radius 2 is 1.30 bits per heavy atom. The van der Waals surface area contributed by atoms with Crippen molar-refractivity contribution in [3.8, 4) is 0 Å². The second-order valence-corrected chi connectivity index (χ2v) is 6.63. The number of unbranched alkanes of at least 4 members (excludes halogenated alkanes) is 7. The second kappa shape index (κ2) is 12.2. The quantitative estimate of drug-likeness (QED) is 0.434. The highest BCUT2D eigenvalue weighted by atomic mass is 16.2. The SMILES string of the molecule is CCCCCCCCCN(CCCC)C(=O)c1ccc(C)cc1. The highest BCUT2D eigenvalue weighted by Crippen LogP contribution is 2.12. The molecule has 0 aliphatic rings. The monoisotopic (exact) mass is 317 g/mol. The number of nitrogens with zero attached hydrogens (tertiary/aromatic N) is 1. The van der Waals surface area contributed by atoms with Gasteiger partial charge in [-0.2, -0.15) is 0 Å². The van der Waals surface area contributed by atoms with Gasteiger partial charge in [-0.1, -0.05) is 76.5 Å². The summed E-state index contributed by atoms with van der Waals surface area (Å²) >= 11 is 0. The molecule has 0 atom stereocenters. The number of benzene rings is 1. The largest absolute Gasteiger partial charge is 0.339 e. The summed E-state index contributed by atoms with van der Waals surface area (Å²) in [4.78, 5) is 14.7. The van der Waals surface area contributed by atoms with Crippen LogP contribution in [0.15, 0.2) is 24.3 Å². The lowest BCUT2D eigenvalue weighted by Gasteiger charge is -2.23. The second-order valence-electron chi connectivity index (χ2n) is 6.63. The third-order valence-corrected chi connectivity index (χ3v) is 4.40. The first-order valence-electron chi connectivity index (χ1n) is 9.55. The fraction of sp³-hybridized carbons (Fsp3) is 0.667. The van der Waals surface area contributed by atoms with E-state index in [0.717, 1.165) is 37.9 Å². The van der Waals surface area contributed by atoms with Gasteiger partial charge in [-0.05, 0) is 31.9 Å². The molecule has 0 spiro atoms. The lowest BCUT2D eigenvalue weighted by Crippen LogP contribution is -2.33. The number of carbonyl (C=O) groups is 1. The third-order valence-electron chi connectivity index (χ3n) is 4.40. The lowest BCUT2D eigenvalue weighted by atomic mass is 10.1. The Balaban J connectivity index is 2.42. The van der Waals surface area contributed by atoms with Gasteiger partial charge >= 0.3 is 0 Å². The van der Waals surface area contributed by atoms with Crippen molar-refractivity contribution in [3.05, 3.63) is 35.4 Å². The molecule has 1 aromatic rings. The fourth-order valence-corrected chi connectivity index (χ4v) is 2.80. The van der Waals surface area contributed by atoms with Crippen LogP contribution in [0.5, 0.6) is 0 Å². The van der Waals surface area contributed by atoms with Crippen molar-refractivity contribution in [2.24, 2.45) is 0 Å². The van der Waals surface area contributed by atoms with Gasteiger partial charge in [0, 0.05) is 18.7 Å². The highest BCUT2D eigenvalue weighted by molar-refractivity contribution is 5.94. The minimum absolute atomic E-state index is 0.199. The zero-order valence-electron chi connectivity index (χ0n) is 15.4. The minimum Gasteiger partial charge on any atom is -0.339 e. The topological polar surface area (TPSA) is 20.3 Å². The normalized spacial score (nSPS) is 10.7. The van der Waals surface area contributed by atoms with Crippen molar-refractivity contribution in [2.45, 2.75) is 78.6 Å². The van der Waals surface area contributed by atoms with E-state index >= 15 is 0 Å². The van der Waals surface area contributed by atoms with E-state index in [4.69, 9.17) is 0 Å². The van der Waals surface area contributed by atoms with Crippen LogP contribution in [-0.2, 0) is 0 Å². The van der Waals surface area contributed by atoms with Crippen LogP contribution in [0.2, 0.25) is 0 Å². The van der Waals surface area contributed by atoms with Gasteiger partial charge in [0.1, 0.15) is 0 Å². The van der Waals surface area contributed by atoms with Crippen molar-refractivity contribution < 1.29 is 4.79 Å². The zero-order chi connectivity index (χ0) is 16.9.